The predicted octanol–water partition coefficient (Wildman–Crippen LogP) is 0.768. The van der Waals surface area contributed by atoms with E-state index in [4.69, 9.17) is 5.11 Å². The van der Waals surface area contributed by atoms with Gasteiger partial charge in [0, 0.05) is 18.1 Å². The van der Waals surface area contributed by atoms with E-state index in [9.17, 15) is 8.42 Å². The second-order valence-electron chi connectivity index (χ2n) is 3.70. The van der Waals surface area contributed by atoms with E-state index >= 15 is 0 Å². The van der Waals surface area contributed by atoms with E-state index in [0.29, 0.717) is 5.69 Å². The van der Waals surface area contributed by atoms with E-state index in [1.807, 2.05) is 0 Å². The first-order valence-electron chi connectivity index (χ1n) is 4.95. The van der Waals surface area contributed by atoms with Crippen molar-refractivity contribution in [1.82, 2.24) is 9.55 Å². The molecule has 0 atom stereocenters. The second-order valence-corrected chi connectivity index (χ2v) is 5.71. The van der Waals surface area contributed by atoms with Gasteiger partial charge in [0.2, 0.25) is 0 Å². The Morgan fingerprint density at radius 3 is 2.41 bits per heavy atom. The number of benzene rings is 1. The van der Waals surface area contributed by atoms with Gasteiger partial charge in [-0.3, -0.25) is 0 Å². The molecule has 6 heteroatoms. The van der Waals surface area contributed by atoms with Crippen LogP contribution in [0.2, 0.25) is 0 Å². The van der Waals surface area contributed by atoms with Crippen molar-refractivity contribution >= 4 is 9.84 Å². The van der Waals surface area contributed by atoms with Gasteiger partial charge in [-0.2, -0.15) is 0 Å². The molecule has 5 nitrogen and oxygen atoms in total. The number of hydrogen-bond donors (Lipinski definition) is 1. The van der Waals surface area contributed by atoms with Crippen molar-refractivity contribution in [3.05, 3.63) is 42.5 Å². The summed E-state index contributed by atoms with van der Waals surface area (Å²) in [6.45, 7) is -0.117. The molecule has 0 amide bonds. The number of aliphatic hydroxyl groups is 1. The molecule has 0 unspecified atom stereocenters. The molecule has 1 aromatic carbocycles. The average Bonchev–Trinajstić information content (AvgIpc) is 2.76. The van der Waals surface area contributed by atoms with Gasteiger partial charge in [0.25, 0.3) is 0 Å². The van der Waals surface area contributed by atoms with Gasteiger partial charge in [-0.25, -0.2) is 13.4 Å². The summed E-state index contributed by atoms with van der Waals surface area (Å²) < 4.78 is 24.3. The summed E-state index contributed by atoms with van der Waals surface area (Å²) >= 11 is 0. The van der Waals surface area contributed by atoms with Crippen LogP contribution in [0.25, 0.3) is 5.69 Å². The molecule has 0 aliphatic rings. The topological polar surface area (TPSA) is 72.2 Å². The summed E-state index contributed by atoms with van der Waals surface area (Å²) in [5.74, 6) is 0. The van der Waals surface area contributed by atoms with Crippen molar-refractivity contribution < 1.29 is 13.5 Å². The Hall–Kier alpha value is -1.66. The highest BCUT2D eigenvalue weighted by Crippen LogP contribution is 2.14. The molecular formula is C11H12N2O3S. The fourth-order valence-corrected chi connectivity index (χ4v) is 2.08. The van der Waals surface area contributed by atoms with Crippen molar-refractivity contribution in [2.75, 3.05) is 6.26 Å². The van der Waals surface area contributed by atoms with Gasteiger partial charge in [-0.1, -0.05) is 0 Å². The van der Waals surface area contributed by atoms with Crippen LogP contribution in [0.5, 0.6) is 0 Å². The van der Waals surface area contributed by atoms with Crippen LogP contribution < -0.4 is 0 Å². The van der Waals surface area contributed by atoms with Gasteiger partial charge in [0.1, 0.15) is 0 Å². The minimum Gasteiger partial charge on any atom is -0.390 e. The molecule has 0 bridgehead atoms. The first-order valence-corrected chi connectivity index (χ1v) is 6.84. The maximum Gasteiger partial charge on any atom is 0.175 e. The standard InChI is InChI=1S/C11H12N2O3S/c1-17(15,16)11-4-2-10(3-5-11)13-6-9(7-14)12-8-13/h2-6,8,14H,7H2,1H3. The van der Waals surface area contributed by atoms with Crippen LogP contribution in [0.15, 0.2) is 41.7 Å². The molecule has 0 saturated heterocycles. The monoisotopic (exact) mass is 252 g/mol. The summed E-state index contributed by atoms with van der Waals surface area (Å²) in [6.07, 6.45) is 4.43. The fraction of sp³-hybridized carbons (Fsp3) is 0.182. The van der Waals surface area contributed by atoms with Crippen LogP contribution in [0.3, 0.4) is 0 Å². The number of nitrogens with zero attached hydrogens (tertiary/aromatic N) is 2. The molecule has 0 radical (unpaired) electrons. The van der Waals surface area contributed by atoms with E-state index in [2.05, 4.69) is 4.98 Å². The van der Waals surface area contributed by atoms with E-state index in [-0.39, 0.29) is 11.5 Å². The summed E-state index contributed by atoms with van der Waals surface area (Å²) in [5, 5.41) is 8.89. The fourth-order valence-electron chi connectivity index (χ4n) is 1.45. The summed E-state index contributed by atoms with van der Waals surface area (Å²) in [5.41, 5.74) is 1.36. The van der Waals surface area contributed by atoms with Crippen molar-refractivity contribution in [3.63, 3.8) is 0 Å². The molecule has 0 aliphatic heterocycles. The summed E-state index contributed by atoms with van der Waals surface area (Å²) in [7, 11) is -3.17. The smallest absolute Gasteiger partial charge is 0.175 e. The normalized spacial score (nSPS) is 11.6. The predicted molar refractivity (Wildman–Crippen MR) is 62.6 cm³/mol. The molecule has 2 aromatic rings. The third-order valence-electron chi connectivity index (χ3n) is 2.36. The number of sulfone groups is 1. The van der Waals surface area contributed by atoms with Gasteiger partial charge in [-0.05, 0) is 24.3 Å². The van der Waals surface area contributed by atoms with E-state index in [0.717, 1.165) is 5.69 Å². The molecule has 0 saturated carbocycles. The van der Waals surface area contributed by atoms with Crippen molar-refractivity contribution in [1.29, 1.82) is 0 Å². The van der Waals surface area contributed by atoms with Crippen LogP contribution in [-0.2, 0) is 16.4 Å². The first kappa shape index (κ1) is 11.8. The highest BCUT2D eigenvalue weighted by molar-refractivity contribution is 7.90. The maximum absolute atomic E-state index is 11.3. The molecule has 0 fully saturated rings. The van der Waals surface area contributed by atoms with Gasteiger partial charge in [0.15, 0.2) is 9.84 Å². The number of imidazole rings is 1. The molecule has 2 rings (SSSR count). The summed E-state index contributed by atoms with van der Waals surface area (Å²) in [6, 6.07) is 6.48. The van der Waals surface area contributed by atoms with Crippen LogP contribution in [-0.4, -0.2) is 29.3 Å². The second kappa shape index (κ2) is 4.31. The third kappa shape index (κ3) is 2.54. The molecular weight excluding hydrogens is 240 g/mol. The van der Waals surface area contributed by atoms with Crippen LogP contribution in [0.4, 0.5) is 0 Å². The number of hydrogen-bond acceptors (Lipinski definition) is 4. The van der Waals surface area contributed by atoms with Gasteiger partial charge in [0.05, 0.1) is 23.5 Å². The highest BCUT2D eigenvalue weighted by atomic mass is 32.2. The lowest BCUT2D eigenvalue weighted by atomic mass is 10.3. The zero-order valence-corrected chi connectivity index (χ0v) is 10.1. The molecule has 90 valence electrons. The minimum atomic E-state index is -3.17. The van der Waals surface area contributed by atoms with E-state index in [1.165, 1.54) is 6.26 Å². The largest absolute Gasteiger partial charge is 0.390 e. The Bertz CT molecular complexity index is 614. The van der Waals surface area contributed by atoms with Crippen LogP contribution >= 0.6 is 0 Å². The van der Waals surface area contributed by atoms with E-state index < -0.39 is 9.84 Å². The van der Waals surface area contributed by atoms with Gasteiger partial charge in [-0.15, -0.1) is 0 Å². The SMILES string of the molecule is CS(=O)(=O)c1ccc(-n2cnc(CO)c2)cc1. The Labute approximate surface area is 99.3 Å². The van der Waals surface area contributed by atoms with Crippen molar-refractivity contribution in [3.8, 4) is 5.69 Å². The minimum absolute atomic E-state index is 0.117. The van der Waals surface area contributed by atoms with Gasteiger partial charge >= 0.3 is 0 Å². The highest BCUT2D eigenvalue weighted by Gasteiger charge is 2.06. The lowest BCUT2D eigenvalue weighted by molar-refractivity contribution is 0.277. The lowest BCUT2D eigenvalue weighted by Gasteiger charge is -2.03. The van der Waals surface area contributed by atoms with Crippen molar-refractivity contribution in [2.24, 2.45) is 0 Å². The van der Waals surface area contributed by atoms with Crippen LogP contribution in [0, 0.1) is 0 Å². The number of aromatic nitrogens is 2. The Morgan fingerprint density at radius 1 is 1.29 bits per heavy atom. The van der Waals surface area contributed by atoms with Gasteiger partial charge < -0.3 is 9.67 Å². The molecule has 17 heavy (non-hydrogen) atoms. The zero-order chi connectivity index (χ0) is 12.5. The van der Waals surface area contributed by atoms with Crippen LogP contribution in [0.1, 0.15) is 5.69 Å². The average molecular weight is 252 g/mol. The quantitative estimate of drug-likeness (QED) is 0.875. The molecule has 0 spiro atoms. The molecule has 1 N–H and O–H groups in total. The molecule has 0 aliphatic carbocycles. The first-order chi connectivity index (χ1) is 8.00. The summed E-state index contributed by atoms with van der Waals surface area (Å²) in [4.78, 5) is 4.26. The lowest BCUT2D eigenvalue weighted by Crippen LogP contribution is -1.97. The Kier molecular flexibility index (Phi) is 2.99. The van der Waals surface area contributed by atoms with Crippen molar-refractivity contribution in [2.45, 2.75) is 11.5 Å². The number of rotatable bonds is 3. The molecule has 1 aromatic heterocycles. The molecule has 1 heterocycles. The van der Waals surface area contributed by atoms with E-state index in [1.54, 1.807) is 41.4 Å². The Morgan fingerprint density at radius 2 is 1.94 bits per heavy atom. The number of aliphatic hydroxyl groups excluding tert-OH is 1. The zero-order valence-electron chi connectivity index (χ0n) is 9.24. The Balaban J connectivity index is 2.35. The third-order valence-corrected chi connectivity index (χ3v) is 3.49. The maximum atomic E-state index is 11.3.